The van der Waals surface area contributed by atoms with Gasteiger partial charge in [0.15, 0.2) is 11.5 Å². The maximum Gasteiger partial charge on any atom is 0.273 e. The first-order valence-corrected chi connectivity index (χ1v) is 8.99. The Kier molecular flexibility index (Phi) is 5.90. The normalized spacial score (nSPS) is 13.9. The minimum absolute atomic E-state index is 0.0955. The van der Waals surface area contributed by atoms with Gasteiger partial charge in [0.25, 0.3) is 11.8 Å². The van der Waals surface area contributed by atoms with Crippen molar-refractivity contribution in [3.05, 3.63) is 58.6 Å². The summed E-state index contributed by atoms with van der Waals surface area (Å²) in [7, 11) is 4.62. The van der Waals surface area contributed by atoms with Crippen molar-refractivity contribution in [1.29, 1.82) is 0 Å². The second-order valence-corrected chi connectivity index (χ2v) is 6.47. The van der Waals surface area contributed by atoms with E-state index < -0.39 is 11.8 Å². The topological polar surface area (TPSA) is 65.1 Å². The van der Waals surface area contributed by atoms with E-state index in [2.05, 4.69) is 0 Å². The quantitative estimate of drug-likeness (QED) is 0.666. The Balaban J connectivity index is 1.81. The van der Waals surface area contributed by atoms with Crippen molar-refractivity contribution in [3.8, 4) is 17.2 Å². The maximum atomic E-state index is 12.9. The fourth-order valence-corrected chi connectivity index (χ4v) is 3.40. The molecule has 6 nitrogen and oxygen atoms in total. The molecule has 1 heterocycles. The molecule has 28 heavy (non-hydrogen) atoms. The Morgan fingerprint density at radius 1 is 0.857 bits per heavy atom. The number of carbonyl (C=O) groups is 2. The van der Waals surface area contributed by atoms with Crippen LogP contribution in [0.1, 0.15) is 11.1 Å². The molecule has 146 valence electrons. The summed E-state index contributed by atoms with van der Waals surface area (Å²) in [6, 6.07) is 12.4. The Hall–Kier alpha value is -2.99. The molecule has 2 aromatic rings. The summed E-state index contributed by atoms with van der Waals surface area (Å²) in [6.07, 6.45) is 0.460. The number of rotatable bonds is 7. The largest absolute Gasteiger partial charge is 0.496 e. The minimum Gasteiger partial charge on any atom is -0.496 e. The van der Waals surface area contributed by atoms with Crippen molar-refractivity contribution in [2.75, 3.05) is 27.9 Å². The SMILES string of the molecule is COc1ccc(CCN2C(=O)C(Cl)=C(c3ccccc3OC)C2=O)cc1OC. The lowest BCUT2D eigenvalue weighted by Gasteiger charge is -2.16. The van der Waals surface area contributed by atoms with Crippen LogP contribution in [0.3, 0.4) is 0 Å². The van der Waals surface area contributed by atoms with Gasteiger partial charge >= 0.3 is 0 Å². The lowest BCUT2D eigenvalue weighted by molar-refractivity contribution is -0.136. The molecular formula is C21H20ClNO5. The van der Waals surface area contributed by atoms with E-state index in [1.165, 1.54) is 7.11 Å². The number of hydrogen-bond donors (Lipinski definition) is 0. The van der Waals surface area contributed by atoms with E-state index in [1.807, 2.05) is 12.1 Å². The highest BCUT2D eigenvalue weighted by Crippen LogP contribution is 2.36. The molecule has 7 heteroatoms. The summed E-state index contributed by atoms with van der Waals surface area (Å²) in [6.45, 7) is 0.196. The molecule has 0 atom stereocenters. The van der Waals surface area contributed by atoms with Crippen molar-refractivity contribution in [2.45, 2.75) is 6.42 Å². The van der Waals surface area contributed by atoms with Gasteiger partial charge in [-0.05, 0) is 30.2 Å². The first kappa shape index (κ1) is 19.8. The zero-order valence-electron chi connectivity index (χ0n) is 15.8. The van der Waals surface area contributed by atoms with Gasteiger partial charge < -0.3 is 14.2 Å². The zero-order valence-corrected chi connectivity index (χ0v) is 16.6. The summed E-state index contributed by atoms with van der Waals surface area (Å²) >= 11 is 6.23. The molecule has 0 bridgehead atoms. The number of benzene rings is 2. The van der Waals surface area contributed by atoms with Crippen LogP contribution in [0, 0.1) is 0 Å². The Bertz CT molecular complexity index is 954. The highest BCUT2D eigenvalue weighted by atomic mass is 35.5. The second-order valence-electron chi connectivity index (χ2n) is 6.09. The van der Waals surface area contributed by atoms with Gasteiger partial charge in [-0.25, -0.2) is 0 Å². The number of methoxy groups -OCH3 is 3. The Morgan fingerprint density at radius 2 is 1.54 bits per heavy atom. The number of para-hydroxylation sites is 1. The van der Waals surface area contributed by atoms with Crippen LogP contribution >= 0.6 is 11.6 Å². The summed E-state index contributed by atoms with van der Waals surface area (Å²) in [4.78, 5) is 26.6. The number of halogens is 1. The molecule has 0 spiro atoms. The van der Waals surface area contributed by atoms with E-state index in [1.54, 1.807) is 44.6 Å². The molecule has 1 aliphatic heterocycles. The van der Waals surface area contributed by atoms with Crippen molar-refractivity contribution in [1.82, 2.24) is 4.90 Å². The molecule has 3 rings (SSSR count). The molecule has 0 N–H and O–H groups in total. The number of imide groups is 1. The fourth-order valence-electron chi connectivity index (χ4n) is 3.11. The smallest absolute Gasteiger partial charge is 0.273 e. The molecule has 0 aliphatic carbocycles. The van der Waals surface area contributed by atoms with Crippen LogP contribution in [0.4, 0.5) is 0 Å². The molecule has 2 amide bonds. The van der Waals surface area contributed by atoms with E-state index in [4.69, 9.17) is 25.8 Å². The van der Waals surface area contributed by atoms with Crippen LogP contribution in [-0.4, -0.2) is 44.6 Å². The number of hydrogen-bond acceptors (Lipinski definition) is 5. The molecule has 0 unspecified atom stereocenters. The lowest BCUT2D eigenvalue weighted by atomic mass is 10.0. The van der Waals surface area contributed by atoms with Crippen molar-refractivity contribution in [3.63, 3.8) is 0 Å². The number of nitrogens with zero attached hydrogens (tertiary/aromatic N) is 1. The van der Waals surface area contributed by atoms with Gasteiger partial charge in [-0.3, -0.25) is 14.5 Å². The van der Waals surface area contributed by atoms with E-state index in [0.29, 0.717) is 29.2 Å². The summed E-state index contributed by atoms with van der Waals surface area (Å²) < 4.78 is 15.8. The van der Waals surface area contributed by atoms with Crippen LogP contribution in [0.15, 0.2) is 47.5 Å². The minimum atomic E-state index is -0.506. The molecule has 1 aliphatic rings. The standard InChI is InChI=1S/C21H20ClNO5/c1-26-15-7-5-4-6-14(15)18-19(22)21(25)23(20(18)24)11-10-13-8-9-16(27-2)17(12-13)28-3/h4-9,12H,10-11H2,1-3H3. The monoisotopic (exact) mass is 401 g/mol. The van der Waals surface area contributed by atoms with Gasteiger partial charge in [0, 0.05) is 12.1 Å². The molecule has 0 saturated heterocycles. The first-order chi connectivity index (χ1) is 13.5. The van der Waals surface area contributed by atoms with Gasteiger partial charge in [-0.15, -0.1) is 0 Å². The van der Waals surface area contributed by atoms with Gasteiger partial charge in [0.1, 0.15) is 10.8 Å². The van der Waals surface area contributed by atoms with Crippen LogP contribution in [0.2, 0.25) is 0 Å². The second kappa shape index (κ2) is 8.35. The third-order valence-electron chi connectivity index (χ3n) is 4.56. The van der Waals surface area contributed by atoms with Gasteiger partial charge in [-0.2, -0.15) is 0 Å². The van der Waals surface area contributed by atoms with Crippen molar-refractivity contribution in [2.24, 2.45) is 0 Å². The van der Waals surface area contributed by atoms with Crippen LogP contribution in [0.25, 0.3) is 5.57 Å². The summed E-state index contributed by atoms with van der Waals surface area (Å²) in [5, 5.41) is -0.0955. The highest BCUT2D eigenvalue weighted by Gasteiger charge is 2.38. The maximum absolute atomic E-state index is 12.9. The molecule has 0 radical (unpaired) electrons. The van der Waals surface area contributed by atoms with Crippen LogP contribution in [0.5, 0.6) is 17.2 Å². The van der Waals surface area contributed by atoms with Gasteiger partial charge in [0.2, 0.25) is 0 Å². The average molecular weight is 402 g/mol. The van der Waals surface area contributed by atoms with Gasteiger partial charge in [-0.1, -0.05) is 35.9 Å². The average Bonchev–Trinajstić information content (AvgIpc) is 2.94. The van der Waals surface area contributed by atoms with E-state index in [-0.39, 0.29) is 17.2 Å². The molecule has 0 aromatic heterocycles. The summed E-state index contributed by atoms with van der Waals surface area (Å²) in [5.74, 6) is 0.749. The highest BCUT2D eigenvalue weighted by molar-refractivity contribution is 6.55. The molecule has 2 aromatic carbocycles. The number of amides is 2. The molecular weight excluding hydrogens is 382 g/mol. The van der Waals surface area contributed by atoms with E-state index >= 15 is 0 Å². The predicted molar refractivity (Wildman–Crippen MR) is 106 cm³/mol. The third kappa shape index (κ3) is 3.55. The fraction of sp³-hybridized carbons (Fsp3) is 0.238. The molecule has 0 saturated carbocycles. The van der Waals surface area contributed by atoms with E-state index in [9.17, 15) is 9.59 Å². The number of carbonyl (C=O) groups excluding carboxylic acids is 2. The Labute approximate surface area is 168 Å². The van der Waals surface area contributed by atoms with Gasteiger partial charge in [0.05, 0.1) is 26.9 Å². The predicted octanol–water partition coefficient (Wildman–Crippen LogP) is 3.27. The van der Waals surface area contributed by atoms with Crippen LogP contribution in [-0.2, 0) is 16.0 Å². The summed E-state index contributed by atoms with van der Waals surface area (Å²) in [5.41, 5.74) is 1.57. The lowest BCUT2D eigenvalue weighted by Crippen LogP contribution is -2.33. The third-order valence-corrected chi connectivity index (χ3v) is 4.91. The molecule has 0 fully saturated rings. The van der Waals surface area contributed by atoms with Crippen molar-refractivity contribution >= 4 is 29.0 Å². The van der Waals surface area contributed by atoms with Crippen LogP contribution < -0.4 is 14.2 Å². The Morgan fingerprint density at radius 3 is 2.21 bits per heavy atom. The van der Waals surface area contributed by atoms with E-state index in [0.717, 1.165) is 10.5 Å². The zero-order chi connectivity index (χ0) is 20.3. The van der Waals surface area contributed by atoms with Crippen molar-refractivity contribution < 1.29 is 23.8 Å². The number of ether oxygens (including phenoxy) is 3. The first-order valence-electron chi connectivity index (χ1n) is 8.62.